The number of methoxy groups -OCH3 is 1. The third-order valence-corrected chi connectivity index (χ3v) is 4.24. The molecule has 0 aromatic heterocycles. The second-order valence-corrected chi connectivity index (χ2v) is 6.12. The molecule has 2 heteroatoms. The third kappa shape index (κ3) is 2.80. The summed E-state index contributed by atoms with van der Waals surface area (Å²) in [5, 5.41) is 3.71. The van der Waals surface area contributed by atoms with Gasteiger partial charge in [-0.1, -0.05) is 26.7 Å². The zero-order valence-corrected chi connectivity index (χ0v) is 12.0. The van der Waals surface area contributed by atoms with Crippen LogP contribution in [0.2, 0.25) is 0 Å². The van der Waals surface area contributed by atoms with Gasteiger partial charge in [0.25, 0.3) is 0 Å². The predicted octanol–water partition coefficient (Wildman–Crippen LogP) is 4.38. The van der Waals surface area contributed by atoms with Gasteiger partial charge in [-0.2, -0.15) is 0 Å². The topological polar surface area (TPSA) is 21.3 Å². The van der Waals surface area contributed by atoms with Gasteiger partial charge in [0.15, 0.2) is 0 Å². The highest BCUT2D eigenvalue weighted by Crippen LogP contribution is 2.37. The van der Waals surface area contributed by atoms with Gasteiger partial charge in [-0.05, 0) is 48.9 Å². The highest BCUT2D eigenvalue weighted by atomic mass is 16.5. The molecule has 1 fully saturated rings. The summed E-state index contributed by atoms with van der Waals surface area (Å²) < 4.78 is 5.30. The number of aryl methyl sites for hydroxylation is 1. The number of rotatable bonds is 3. The molecule has 1 N–H and O–H groups in total. The van der Waals surface area contributed by atoms with Crippen LogP contribution in [0.4, 0.5) is 5.69 Å². The Bertz CT molecular complexity index is 412. The van der Waals surface area contributed by atoms with Gasteiger partial charge < -0.3 is 10.1 Å². The van der Waals surface area contributed by atoms with Crippen molar-refractivity contribution in [1.29, 1.82) is 0 Å². The fourth-order valence-corrected chi connectivity index (χ4v) is 2.93. The summed E-state index contributed by atoms with van der Waals surface area (Å²) in [6.45, 7) is 6.84. The molecule has 1 saturated carbocycles. The molecule has 1 unspecified atom stereocenters. The van der Waals surface area contributed by atoms with E-state index in [0.29, 0.717) is 11.5 Å². The number of hydrogen-bond acceptors (Lipinski definition) is 2. The average molecular weight is 247 g/mol. The van der Waals surface area contributed by atoms with Gasteiger partial charge in [0.05, 0.1) is 7.11 Å². The molecular weight excluding hydrogens is 222 g/mol. The van der Waals surface area contributed by atoms with E-state index in [-0.39, 0.29) is 0 Å². The first-order valence-electron chi connectivity index (χ1n) is 6.94. The molecule has 1 aliphatic carbocycles. The first-order valence-corrected chi connectivity index (χ1v) is 6.94. The average Bonchev–Trinajstić information content (AvgIpc) is 2.32. The van der Waals surface area contributed by atoms with E-state index >= 15 is 0 Å². The van der Waals surface area contributed by atoms with Crippen LogP contribution in [-0.2, 0) is 0 Å². The van der Waals surface area contributed by atoms with Crippen LogP contribution in [-0.4, -0.2) is 13.2 Å². The van der Waals surface area contributed by atoms with Crippen molar-refractivity contribution in [2.75, 3.05) is 12.4 Å². The number of anilines is 1. The van der Waals surface area contributed by atoms with E-state index in [1.165, 1.54) is 36.9 Å². The van der Waals surface area contributed by atoms with Gasteiger partial charge in [0.1, 0.15) is 5.75 Å². The fraction of sp³-hybridized carbons (Fsp3) is 0.625. The Morgan fingerprint density at radius 2 is 2.06 bits per heavy atom. The highest BCUT2D eigenvalue weighted by Gasteiger charge is 2.31. The smallest absolute Gasteiger partial charge is 0.121 e. The van der Waals surface area contributed by atoms with Crippen LogP contribution in [0, 0.1) is 12.3 Å². The van der Waals surface area contributed by atoms with Crippen molar-refractivity contribution < 1.29 is 4.74 Å². The molecule has 1 aliphatic rings. The first kappa shape index (κ1) is 13.3. The molecule has 0 radical (unpaired) electrons. The number of hydrogen-bond donors (Lipinski definition) is 1. The lowest BCUT2D eigenvalue weighted by atomic mass is 9.73. The monoisotopic (exact) mass is 247 g/mol. The summed E-state index contributed by atoms with van der Waals surface area (Å²) in [5.41, 5.74) is 2.80. The van der Waals surface area contributed by atoms with Gasteiger partial charge in [-0.15, -0.1) is 0 Å². The summed E-state index contributed by atoms with van der Waals surface area (Å²) in [4.78, 5) is 0. The molecule has 0 bridgehead atoms. The van der Waals surface area contributed by atoms with Crippen LogP contribution in [0.5, 0.6) is 5.75 Å². The minimum atomic E-state index is 0.395. The van der Waals surface area contributed by atoms with Crippen LogP contribution < -0.4 is 10.1 Å². The van der Waals surface area contributed by atoms with Crippen LogP contribution in [0.15, 0.2) is 18.2 Å². The van der Waals surface area contributed by atoms with Gasteiger partial charge in [0, 0.05) is 11.7 Å². The molecule has 1 aromatic carbocycles. The van der Waals surface area contributed by atoms with Gasteiger partial charge in [-0.25, -0.2) is 0 Å². The summed E-state index contributed by atoms with van der Waals surface area (Å²) >= 11 is 0. The summed E-state index contributed by atoms with van der Waals surface area (Å²) in [5.74, 6) is 0.962. The quantitative estimate of drug-likeness (QED) is 0.855. The van der Waals surface area contributed by atoms with E-state index in [0.717, 1.165) is 5.75 Å². The van der Waals surface area contributed by atoms with Gasteiger partial charge in [0.2, 0.25) is 0 Å². The first-order chi connectivity index (χ1) is 8.53. The van der Waals surface area contributed by atoms with Crippen LogP contribution in [0.25, 0.3) is 0 Å². The molecule has 100 valence electrons. The van der Waals surface area contributed by atoms with Crippen LogP contribution in [0.3, 0.4) is 0 Å². The fourth-order valence-electron chi connectivity index (χ4n) is 2.93. The Labute approximate surface area is 111 Å². The van der Waals surface area contributed by atoms with Crippen molar-refractivity contribution in [1.82, 2.24) is 0 Å². The maximum absolute atomic E-state index is 5.30. The zero-order chi connectivity index (χ0) is 13.2. The van der Waals surface area contributed by atoms with Gasteiger partial charge in [-0.3, -0.25) is 0 Å². The Morgan fingerprint density at radius 3 is 2.67 bits per heavy atom. The molecule has 0 amide bonds. The molecule has 18 heavy (non-hydrogen) atoms. The van der Waals surface area contributed by atoms with E-state index in [4.69, 9.17) is 4.74 Å². The summed E-state index contributed by atoms with van der Waals surface area (Å²) in [6.07, 6.45) is 5.31. The lowest BCUT2D eigenvalue weighted by molar-refractivity contribution is 0.217. The number of ether oxygens (including phenoxy) is 1. The molecule has 0 aliphatic heterocycles. The minimum Gasteiger partial charge on any atom is -0.496 e. The standard InChI is InChI=1S/C16H25NO/c1-12-11-13(8-9-14(12)18-4)17-15-7-5-6-10-16(15,2)3/h8-9,11,15,17H,5-7,10H2,1-4H3. The van der Waals surface area contributed by atoms with Crippen molar-refractivity contribution in [2.45, 2.75) is 52.5 Å². The van der Waals surface area contributed by atoms with Crippen molar-refractivity contribution in [2.24, 2.45) is 5.41 Å². The lowest BCUT2D eigenvalue weighted by Gasteiger charge is -2.39. The Kier molecular flexibility index (Phi) is 3.84. The van der Waals surface area contributed by atoms with Crippen molar-refractivity contribution in [3.05, 3.63) is 23.8 Å². The van der Waals surface area contributed by atoms with E-state index < -0.39 is 0 Å². The Hall–Kier alpha value is -1.18. The summed E-state index contributed by atoms with van der Waals surface area (Å²) in [6, 6.07) is 6.94. The molecular formula is C16H25NO. The van der Waals surface area contributed by atoms with E-state index in [9.17, 15) is 0 Å². The van der Waals surface area contributed by atoms with Gasteiger partial charge >= 0.3 is 0 Å². The van der Waals surface area contributed by atoms with E-state index in [2.05, 4.69) is 38.2 Å². The zero-order valence-electron chi connectivity index (χ0n) is 12.0. The lowest BCUT2D eigenvalue weighted by Crippen LogP contribution is -2.38. The van der Waals surface area contributed by atoms with E-state index in [1.54, 1.807) is 7.11 Å². The second-order valence-electron chi connectivity index (χ2n) is 6.12. The normalized spacial score (nSPS) is 22.6. The summed E-state index contributed by atoms with van der Waals surface area (Å²) in [7, 11) is 1.72. The third-order valence-electron chi connectivity index (χ3n) is 4.24. The molecule has 2 rings (SSSR count). The predicted molar refractivity (Wildman–Crippen MR) is 77.4 cm³/mol. The minimum absolute atomic E-state index is 0.395. The van der Waals surface area contributed by atoms with E-state index in [1.807, 2.05) is 6.07 Å². The largest absolute Gasteiger partial charge is 0.496 e. The maximum Gasteiger partial charge on any atom is 0.121 e. The van der Waals surface area contributed by atoms with Crippen LogP contribution >= 0.6 is 0 Å². The number of benzene rings is 1. The van der Waals surface area contributed by atoms with Crippen LogP contribution in [0.1, 0.15) is 45.1 Å². The molecule has 0 spiro atoms. The Balaban J connectivity index is 2.11. The molecule has 1 atom stereocenters. The molecule has 2 nitrogen and oxygen atoms in total. The Morgan fingerprint density at radius 1 is 1.28 bits per heavy atom. The molecule has 1 aromatic rings. The number of nitrogens with one attached hydrogen (secondary N) is 1. The van der Waals surface area contributed by atoms with Crippen molar-refractivity contribution in [3.8, 4) is 5.75 Å². The molecule has 0 saturated heterocycles. The second kappa shape index (κ2) is 5.21. The molecule has 0 heterocycles. The highest BCUT2D eigenvalue weighted by molar-refractivity contribution is 5.51. The maximum atomic E-state index is 5.30. The SMILES string of the molecule is COc1ccc(NC2CCCCC2(C)C)cc1C. The van der Waals surface area contributed by atoms with Crippen molar-refractivity contribution in [3.63, 3.8) is 0 Å². The van der Waals surface area contributed by atoms with Crippen molar-refractivity contribution >= 4 is 5.69 Å².